The first-order chi connectivity index (χ1) is 8.17. The fraction of sp³-hybridized carbons (Fsp3) is 0.600. The zero-order chi connectivity index (χ0) is 12.7. The molecule has 1 aromatic rings. The van der Waals surface area contributed by atoms with E-state index in [-0.39, 0.29) is 5.78 Å². The first-order valence-electron chi connectivity index (χ1n) is 6.63. The summed E-state index contributed by atoms with van der Waals surface area (Å²) < 4.78 is 0. The van der Waals surface area contributed by atoms with Gasteiger partial charge in [0.15, 0.2) is 5.78 Å². The lowest BCUT2D eigenvalue weighted by Crippen LogP contribution is -2.10. The van der Waals surface area contributed by atoms with E-state index in [1.807, 2.05) is 19.1 Å². The van der Waals surface area contributed by atoms with Crippen molar-refractivity contribution in [1.29, 1.82) is 0 Å². The van der Waals surface area contributed by atoms with Crippen molar-refractivity contribution in [3.8, 4) is 0 Å². The van der Waals surface area contributed by atoms with Crippen LogP contribution in [0, 0.1) is 12.8 Å². The molecule has 0 saturated heterocycles. The van der Waals surface area contributed by atoms with Crippen molar-refractivity contribution in [3.05, 3.63) is 29.6 Å². The van der Waals surface area contributed by atoms with E-state index >= 15 is 0 Å². The van der Waals surface area contributed by atoms with Gasteiger partial charge < -0.3 is 0 Å². The van der Waals surface area contributed by atoms with Gasteiger partial charge in [0.1, 0.15) is 5.69 Å². The summed E-state index contributed by atoms with van der Waals surface area (Å²) in [6, 6.07) is 3.81. The van der Waals surface area contributed by atoms with Crippen LogP contribution in [0.25, 0.3) is 0 Å². The maximum absolute atomic E-state index is 12.1. The Kier molecular flexibility index (Phi) is 5.88. The Morgan fingerprint density at radius 2 is 2.18 bits per heavy atom. The third-order valence-electron chi connectivity index (χ3n) is 3.22. The highest BCUT2D eigenvalue weighted by Gasteiger charge is 2.14. The Morgan fingerprint density at radius 1 is 1.41 bits per heavy atom. The molecule has 94 valence electrons. The second kappa shape index (κ2) is 7.21. The van der Waals surface area contributed by atoms with Crippen molar-refractivity contribution in [2.75, 3.05) is 0 Å². The zero-order valence-corrected chi connectivity index (χ0v) is 11.2. The average Bonchev–Trinajstić information content (AvgIpc) is 2.34. The number of unbranched alkanes of at least 4 members (excludes halogenated alkanes) is 1. The van der Waals surface area contributed by atoms with Gasteiger partial charge in [-0.3, -0.25) is 9.78 Å². The van der Waals surface area contributed by atoms with E-state index in [1.54, 1.807) is 6.20 Å². The first-order valence-corrected chi connectivity index (χ1v) is 6.63. The largest absolute Gasteiger partial charge is 0.292 e. The Hall–Kier alpha value is -1.18. The molecule has 1 atom stereocenters. The quantitative estimate of drug-likeness (QED) is 0.661. The maximum atomic E-state index is 12.1. The second-order valence-corrected chi connectivity index (χ2v) is 4.76. The molecule has 0 aliphatic rings. The number of hydrogen-bond acceptors (Lipinski definition) is 2. The minimum absolute atomic E-state index is 0.191. The number of aryl methyl sites for hydroxylation is 1. The number of aromatic nitrogens is 1. The number of ketones is 1. The molecule has 0 N–H and O–H groups in total. The zero-order valence-electron chi connectivity index (χ0n) is 11.2. The third-order valence-corrected chi connectivity index (χ3v) is 3.22. The molecule has 1 unspecified atom stereocenters. The minimum atomic E-state index is 0.191. The van der Waals surface area contributed by atoms with Crippen LogP contribution in [0.4, 0.5) is 0 Å². The summed E-state index contributed by atoms with van der Waals surface area (Å²) in [5, 5.41) is 0. The van der Waals surface area contributed by atoms with Gasteiger partial charge in [0.05, 0.1) is 0 Å². The molecule has 2 nitrogen and oxygen atoms in total. The topological polar surface area (TPSA) is 30.0 Å². The normalized spacial score (nSPS) is 12.4. The Morgan fingerprint density at radius 3 is 2.76 bits per heavy atom. The van der Waals surface area contributed by atoms with Crippen molar-refractivity contribution in [1.82, 2.24) is 4.98 Å². The summed E-state index contributed by atoms with van der Waals surface area (Å²) in [4.78, 5) is 16.2. The molecule has 0 radical (unpaired) electrons. The third kappa shape index (κ3) is 4.68. The molecule has 0 saturated carbocycles. The Bertz CT molecular complexity index is 360. The average molecular weight is 233 g/mol. The molecule has 0 fully saturated rings. The highest BCUT2D eigenvalue weighted by Crippen LogP contribution is 2.19. The van der Waals surface area contributed by atoms with Crippen LogP contribution in [0.1, 0.15) is 62.0 Å². The molecule has 0 aliphatic carbocycles. The van der Waals surface area contributed by atoms with Gasteiger partial charge in [0.25, 0.3) is 0 Å². The lowest BCUT2D eigenvalue weighted by Gasteiger charge is -2.13. The maximum Gasteiger partial charge on any atom is 0.181 e. The predicted molar refractivity (Wildman–Crippen MR) is 71.2 cm³/mol. The van der Waals surface area contributed by atoms with Crippen LogP contribution < -0.4 is 0 Å². The van der Waals surface area contributed by atoms with Gasteiger partial charge in [-0.05, 0) is 30.5 Å². The number of Topliss-reactive ketones (excluding diaryl/α,β-unsaturated/α-hetero) is 1. The molecule has 0 spiro atoms. The summed E-state index contributed by atoms with van der Waals surface area (Å²) in [6.07, 6.45) is 7.02. The van der Waals surface area contributed by atoms with E-state index in [4.69, 9.17) is 0 Å². The second-order valence-electron chi connectivity index (χ2n) is 4.76. The lowest BCUT2D eigenvalue weighted by atomic mass is 9.92. The van der Waals surface area contributed by atoms with Crippen molar-refractivity contribution >= 4 is 5.78 Å². The number of hydrogen-bond donors (Lipinski definition) is 0. The molecular weight excluding hydrogens is 210 g/mol. The van der Waals surface area contributed by atoms with Crippen molar-refractivity contribution in [2.24, 2.45) is 5.92 Å². The van der Waals surface area contributed by atoms with Crippen LogP contribution in [0.5, 0.6) is 0 Å². The Labute approximate surface area is 104 Å². The van der Waals surface area contributed by atoms with E-state index in [9.17, 15) is 4.79 Å². The highest BCUT2D eigenvalue weighted by molar-refractivity contribution is 5.94. The summed E-state index contributed by atoms with van der Waals surface area (Å²) in [6.45, 7) is 6.35. The van der Waals surface area contributed by atoms with Crippen molar-refractivity contribution in [2.45, 2.75) is 52.9 Å². The molecule has 1 heterocycles. The van der Waals surface area contributed by atoms with Crippen molar-refractivity contribution in [3.63, 3.8) is 0 Å². The summed E-state index contributed by atoms with van der Waals surface area (Å²) in [5.41, 5.74) is 1.73. The lowest BCUT2D eigenvalue weighted by molar-refractivity contribution is 0.0952. The summed E-state index contributed by atoms with van der Waals surface area (Å²) in [7, 11) is 0. The van der Waals surface area contributed by atoms with Crippen LogP contribution in [0.2, 0.25) is 0 Å². The molecule has 2 heteroatoms. The monoisotopic (exact) mass is 233 g/mol. The smallest absolute Gasteiger partial charge is 0.181 e. The van der Waals surface area contributed by atoms with E-state index in [0.29, 0.717) is 18.0 Å². The fourth-order valence-electron chi connectivity index (χ4n) is 2.00. The van der Waals surface area contributed by atoms with Gasteiger partial charge in [0, 0.05) is 12.6 Å². The number of carbonyl (C=O) groups is 1. The fourth-order valence-corrected chi connectivity index (χ4v) is 2.00. The molecule has 1 aromatic heterocycles. The van der Waals surface area contributed by atoms with Gasteiger partial charge in [-0.2, -0.15) is 0 Å². The molecule has 0 aliphatic heterocycles. The van der Waals surface area contributed by atoms with Gasteiger partial charge in [0.2, 0.25) is 0 Å². The van der Waals surface area contributed by atoms with E-state index in [1.165, 1.54) is 12.8 Å². The predicted octanol–water partition coefficient (Wildman–Crippen LogP) is 4.18. The van der Waals surface area contributed by atoms with Gasteiger partial charge in [-0.15, -0.1) is 0 Å². The first kappa shape index (κ1) is 13.9. The molecule has 0 aromatic carbocycles. The van der Waals surface area contributed by atoms with Crippen LogP contribution in [-0.2, 0) is 0 Å². The van der Waals surface area contributed by atoms with E-state index in [0.717, 1.165) is 18.4 Å². The highest BCUT2D eigenvalue weighted by atomic mass is 16.1. The minimum Gasteiger partial charge on any atom is -0.292 e. The molecule has 0 amide bonds. The van der Waals surface area contributed by atoms with E-state index < -0.39 is 0 Å². The molecular formula is C15H23NO. The SMILES string of the molecule is CCCCC(CC)CC(=O)c1cc(C)ccn1. The molecule has 0 bridgehead atoms. The van der Waals surface area contributed by atoms with E-state index in [2.05, 4.69) is 18.8 Å². The van der Waals surface area contributed by atoms with Gasteiger partial charge >= 0.3 is 0 Å². The molecule has 17 heavy (non-hydrogen) atoms. The van der Waals surface area contributed by atoms with Crippen LogP contribution >= 0.6 is 0 Å². The summed E-state index contributed by atoms with van der Waals surface area (Å²) >= 11 is 0. The Balaban J connectivity index is 2.58. The van der Waals surface area contributed by atoms with Crippen LogP contribution in [0.3, 0.4) is 0 Å². The van der Waals surface area contributed by atoms with Crippen LogP contribution in [-0.4, -0.2) is 10.8 Å². The van der Waals surface area contributed by atoms with Crippen molar-refractivity contribution < 1.29 is 4.79 Å². The standard InChI is InChI=1S/C15H23NO/c1-4-6-7-13(5-2)11-15(17)14-10-12(3)8-9-16-14/h8-10,13H,4-7,11H2,1-3H3. The number of carbonyl (C=O) groups excluding carboxylic acids is 1. The number of nitrogens with zero attached hydrogens (tertiary/aromatic N) is 1. The number of rotatable bonds is 7. The van der Waals surface area contributed by atoms with Gasteiger partial charge in [-0.1, -0.05) is 39.5 Å². The van der Waals surface area contributed by atoms with Gasteiger partial charge in [-0.25, -0.2) is 0 Å². The summed E-state index contributed by atoms with van der Waals surface area (Å²) in [5.74, 6) is 0.710. The number of pyridine rings is 1. The van der Waals surface area contributed by atoms with Crippen LogP contribution in [0.15, 0.2) is 18.3 Å². The molecule has 1 rings (SSSR count).